The number of fused-ring (bicyclic) bond motifs is 1. The Morgan fingerprint density at radius 2 is 2.29 bits per heavy atom. The molecular formula is C10H12N2O2. The molecule has 0 spiro atoms. The van der Waals surface area contributed by atoms with Gasteiger partial charge in [-0.2, -0.15) is 0 Å². The number of anilines is 1. The highest BCUT2D eigenvalue weighted by Crippen LogP contribution is 2.37. The molecule has 1 atom stereocenters. The minimum absolute atomic E-state index is 0.308. The number of ether oxygens (including phenoxy) is 1. The van der Waals surface area contributed by atoms with Crippen molar-refractivity contribution in [1.29, 1.82) is 0 Å². The number of cyclic esters (lactones) is 1. The molecule has 1 aliphatic rings. The first-order valence-corrected chi connectivity index (χ1v) is 4.57. The van der Waals surface area contributed by atoms with Crippen molar-refractivity contribution in [2.45, 2.75) is 25.9 Å². The second-order valence-electron chi connectivity index (χ2n) is 3.61. The Hall–Kier alpha value is -1.58. The summed E-state index contributed by atoms with van der Waals surface area (Å²) in [5.41, 5.74) is 6.15. The van der Waals surface area contributed by atoms with Crippen LogP contribution in [0.1, 0.15) is 36.3 Å². The van der Waals surface area contributed by atoms with Crippen LogP contribution < -0.4 is 5.73 Å². The van der Waals surface area contributed by atoms with Crippen molar-refractivity contribution in [2.24, 2.45) is 0 Å². The Morgan fingerprint density at radius 3 is 2.93 bits per heavy atom. The maximum atomic E-state index is 11.4. The van der Waals surface area contributed by atoms with Crippen molar-refractivity contribution in [3.8, 4) is 0 Å². The minimum atomic E-state index is -0.609. The maximum Gasteiger partial charge on any atom is 0.341 e. The normalized spacial score (nSPS) is 24.6. The van der Waals surface area contributed by atoms with Crippen LogP contribution >= 0.6 is 0 Å². The lowest BCUT2D eigenvalue weighted by atomic mass is 9.97. The van der Waals surface area contributed by atoms with Gasteiger partial charge in [0.15, 0.2) is 5.60 Å². The summed E-state index contributed by atoms with van der Waals surface area (Å²) in [5, 5.41) is 0. The first kappa shape index (κ1) is 8.99. The fourth-order valence-electron chi connectivity index (χ4n) is 1.59. The third-order valence-corrected chi connectivity index (χ3v) is 2.63. The Balaban J connectivity index is 2.62. The highest BCUT2D eigenvalue weighted by atomic mass is 16.6. The third-order valence-electron chi connectivity index (χ3n) is 2.63. The molecule has 0 amide bonds. The van der Waals surface area contributed by atoms with E-state index >= 15 is 0 Å². The molecule has 0 radical (unpaired) electrons. The number of carbonyl (C=O) groups is 1. The second-order valence-corrected chi connectivity index (χ2v) is 3.61. The van der Waals surface area contributed by atoms with E-state index in [1.165, 1.54) is 0 Å². The average Bonchev–Trinajstić information content (AvgIpc) is 2.40. The van der Waals surface area contributed by atoms with Gasteiger partial charge in [0.05, 0.1) is 5.56 Å². The van der Waals surface area contributed by atoms with Gasteiger partial charge in [-0.15, -0.1) is 0 Å². The lowest BCUT2D eigenvalue weighted by Crippen LogP contribution is -2.21. The summed E-state index contributed by atoms with van der Waals surface area (Å²) in [5.74, 6) is 0.110. The van der Waals surface area contributed by atoms with Crippen LogP contribution in [0.2, 0.25) is 0 Å². The molecule has 1 aliphatic heterocycles. The average molecular weight is 192 g/mol. The summed E-state index contributed by atoms with van der Waals surface area (Å²) in [4.78, 5) is 15.6. The Bertz CT molecular complexity index is 403. The molecule has 0 aliphatic carbocycles. The lowest BCUT2D eigenvalue weighted by molar-refractivity contribution is -0.00220. The van der Waals surface area contributed by atoms with Gasteiger partial charge in [-0.1, -0.05) is 6.92 Å². The van der Waals surface area contributed by atoms with Crippen LogP contribution in [-0.4, -0.2) is 11.0 Å². The molecule has 0 bridgehead atoms. The molecule has 0 saturated carbocycles. The maximum absolute atomic E-state index is 11.4. The molecule has 1 aromatic rings. The van der Waals surface area contributed by atoms with E-state index in [0.717, 1.165) is 0 Å². The molecule has 2 N–H and O–H groups in total. The second kappa shape index (κ2) is 2.70. The van der Waals surface area contributed by atoms with Crippen LogP contribution in [0.5, 0.6) is 0 Å². The summed E-state index contributed by atoms with van der Waals surface area (Å²) in [6, 6.07) is 3.28. The van der Waals surface area contributed by atoms with Gasteiger partial charge in [0.2, 0.25) is 0 Å². The molecule has 4 heteroatoms. The summed E-state index contributed by atoms with van der Waals surface area (Å²) < 4.78 is 5.27. The summed E-state index contributed by atoms with van der Waals surface area (Å²) >= 11 is 0. The molecule has 2 rings (SSSR count). The summed E-state index contributed by atoms with van der Waals surface area (Å²) in [6.07, 6.45) is 0.697. The van der Waals surface area contributed by atoms with Crippen LogP contribution in [0.3, 0.4) is 0 Å². The van der Waals surface area contributed by atoms with E-state index in [1.807, 2.05) is 13.8 Å². The van der Waals surface area contributed by atoms with Crippen LogP contribution in [0.15, 0.2) is 12.1 Å². The largest absolute Gasteiger partial charge is 0.449 e. The van der Waals surface area contributed by atoms with Crippen LogP contribution in [0, 0.1) is 0 Å². The Labute approximate surface area is 82.1 Å². The zero-order valence-electron chi connectivity index (χ0n) is 8.20. The zero-order valence-corrected chi connectivity index (χ0v) is 8.20. The van der Waals surface area contributed by atoms with E-state index in [1.54, 1.807) is 12.1 Å². The summed E-state index contributed by atoms with van der Waals surface area (Å²) in [6.45, 7) is 3.80. The van der Waals surface area contributed by atoms with Crippen LogP contribution in [-0.2, 0) is 10.3 Å². The van der Waals surface area contributed by atoms with E-state index in [-0.39, 0.29) is 5.97 Å². The van der Waals surface area contributed by atoms with Crippen LogP contribution in [0.4, 0.5) is 5.82 Å². The number of nitrogen functional groups attached to an aromatic ring is 1. The third kappa shape index (κ3) is 1.07. The number of hydrogen-bond donors (Lipinski definition) is 1. The topological polar surface area (TPSA) is 65.2 Å². The van der Waals surface area contributed by atoms with Gasteiger partial charge in [-0.3, -0.25) is 0 Å². The fraction of sp³-hybridized carbons (Fsp3) is 0.400. The van der Waals surface area contributed by atoms with Gasteiger partial charge < -0.3 is 10.5 Å². The van der Waals surface area contributed by atoms with Gasteiger partial charge in [-0.05, 0) is 25.5 Å². The van der Waals surface area contributed by atoms with E-state index in [2.05, 4.69) is 4.98 Å². The highest BCUT2D eigenvalue weighted by molar-refractivity contribution is 5.94. The number of nitrogens with zero attached hydrogens (tertiary/aromatic N) is 1. The number of hydrogen-bond acceptors (Lipinski definition) is 4. The van der Waals surface area contributed by atoms with Gasteiger partial charge in [0.25, 0.3) is 0 Å². The number of nitrogens with two attached hydrogens (primary N) is 1. The molecule has 1 aromatic heterocycles. The molecule has 14 heavy (non-hydrogen) atoms. The SMILES string of the molecule is CCC1(C)OC(=O)c2ccc(N)nc21. The molecule has 74 valence electrons. The van der Waals surface area contributed by atoms with Crippen molar-refractivity contribution < 1.29 is 9.53 Å². The first-order chi connectivity index (χ1) is 6.57. The van der Waals surface area contributed by atoms with Crippen molar-refractivity contribution in [1.82, 2.24) is 4.98 Å². The van der Waals surface area contributed by atoms with Gasteiger partial charge in [-0.25, -0.2) is 9.78 Å². The number of carbonyl (C=O) groups excluding carboxylic acids is 1. The first-order valence-electron chi connectivity index (χ1n) is 4.57. The minimum Gasteiger partial charge on any atom is -0.449 e. The van der Waals surface area contributed by atoms with E-state index < -0.39 is 5.60 Å². The molecule has 4 nitrogen and oxygen atoms in total. The van der Waals surface area contributed by atoms with E-state index in [9.17, 15) is 4.79 Å². The highest BCUT2D eigenvalue weighted by Gasteiger charge is 2.41. The van der Waals surface area contributed by atoms with Crippen molar-refractivity contribution in [3.63, 3.8) is 0 Å². The number of esters is 1. The Morgan fingerprint density at radius 1 is 1.57 bits per heavy atom. The molecule has 1 unspecified atom stereocenters. The van der Waals surface area contributed by atoms with E-state index in [0.29, 0.717) is 23.5 Å². The lowest BCUT2D eigenvalue weighted by Gasteiger charge is -2.20. The fourth-order valence-corrected chi connectivity index (χ4v) is 1.59. The number of pyridine rings is 1. The Kier molecular flexibility index (Phi) is 1.74. The summed E-state index contributed by atoms with van der Waals surface area (Å²) in [7, 11) is 0. The van der Waals surface area contributed by atoms with E-state index in [4.69, 9.17) is 10.5 Å². The predicted molar refractivity (Wildman–Crippen MR) is 51.7 cm³/mol. The molecular weight excluding hydrogens is 180 g/mol. The van der Waals surface area contributed by atoms with Crippen molar-refractivity contribution in [2.75, 3.05) is 5.73 Å². The molecule has 2 heterocycles. The molecule has 0 saturated heterocycles. The van der Waals surface area contributed by atoms with Gasteiger partial charge in [0, 0.05) is 0 Å². The smallest absolute Gasteiger partial charge is 0.341 e. The van der Waals surface area contributed by atoms with Gasteiger partial charge >= 0.3 is 5.97 Å². The molecule has 0 fully saturated rings. The van der Waals surface area contributed by atoms with Gasteiger partial charge in [0.1, 0.15) is 11.5 Å². The van der Waals surface area contributed by atoms with Crippen LogP contribution in [0.25, 0.3) is 0 Å². The zero-order chi connectivity index (χ0) is 10.3. The van der Waals surface area contributed by atoms with Crippen molar-refractivity contribution in [3.05, 3.63) is 23.4 Å². The van der Waals surface area contributed by atoms with Crippen molar-refractivity contribution >= 4 is 11.8 Å². The predicted octanol–water partition coefficient (Wildman–Crippen LogP) is 1.46. The molecule has 0 aromatic carbocycles. The monoisotopic (exact) mass is 192 g/mol. The standard InChI is InChI=1S/C10H12N2O2/c1-3-10(2)8-6(9(13)14-10)4-5-7(11)12-8/h4-5H,3H2,1-2H3,(H2,11,12). The number of aromatic nitrogens is 1. The number of rotatable bonds is 1. The quantitative estimate of drug-likeness (QED) is 0.684.